The van der Waals surface area contributed by atoms with Crippen LogP contribution in [0.25, 0.3) is 0 Å². The summed E-state index contributed by atoms with van der Waals surface area (Å²) in [6, 6.07) is 9.82. The molecule has 0 aliphatic carbocycles. The van der Waals surface area contributed by atoms with E-state index in [-0.39, 0.29) is 30.0 Å². The average Bonchev–Trinajstić information content (AvgIpc) is 2.68. The molecule has 0 spiro atoms. The van der Waals surface area contributed by atoms with Crippen LogP contribution in [0.2, 0.25) is 0 Å². The van der Waals surface area contributed by atoms with Gasteiger partial charge in [0.25, 0.3) is 5.91 Å². The maximum Gasteiger partial charge on any atom is 0.251 e. The van der Waals surface area contributed by atoms with E-state index >= 15 is 0 Å². The van der Waals surface area contributed by atoms with Crippen molar-refractivity contribution in [3.63, 3.8) is 0 Å². The monoisotopic (exact) mass is 405 g/mol. The van der Waals surface area contributed by atoms with E-state index in [9.17, 15) is 22.4 Å². The third-order valence-electron chi connectivity index (χ3n) is 4.73. The standard InChI is InChI=1S/C19H20FN3O4S/c1-2-28(26,27)23-11-13-6-4-3-5-12(13)9-17(23)19(25)22-14-7-8-16(20)15(10-14)18(21)24/h3-8,10,17H,2,9,11H2,1H3,(H2,21,24)(H,22,25). The first-order valence-corrected chi connectivity index (χ1v) is 10.3. The first-order valence-electron chi connectivity index (χ1n) is 8.69. The minimum absolute atomic E-state index is 0.0976. The Labute approximate surface area is 162 Å². The molecule has 9 heteroatoms. The second kappa shape index (κ2) is 7.69. The van der Waals surface area contributed by atoms with Crippen LogP contribution in [0.1, 0.15) is 28.4 Å². The van der Waals surface area contributed by atoms with Gasteiger partial charge in [-0.15, -0.1) is 0 Å². The molecule has 0 saturated heterocycles. The number of primary amides is 1. The number of fused-ring (bicyclic) bond motifs is 1. The summed E-state index contributed by atoms with van der Waals surface area (Å²) < 4.78 is 39.9. The van der Waals surface area contributed by atoms with Crippen LogP contribution in [0, 0.1) is 5.82 Å². The van der Waals surface area contributed by atoms with Crippen LogP contribution in [-0.4, -0.2) is 36.3 Å². The molecule has 0 saturated carbocycles. The molecular formula is C19H20FN3O4S. The van der Waals surface area contributed by atoms with E-state index in [1.807, 2.05) is 24.3 Å². The van der Waals surface area contributed by atoms with Crippen molar-refractivity contribution < 1.29 is 22.4 Å². The highest BCUT2D eigenvalue weighted by Gasteiger charge is 2.38. The largest absolute Gasteiger partial charge is 0.366 e. The molecule has 7 nitrogen and oxygen atoms in total. The molecule has 1 aliphatic rings. The molecule has 3 N–H and O–H groups in total. The Morgan fingerprint density at radius 1 is 1.21 bits per heavy atom. The Hall–Kier alpha value is -2.78. The van der Waals surface area contributed by atoms with E-state index in [1.165, 1.54) is 17.3 Å². The minimum Gasteiger partial charge on any atom is -0.366 e. The molecule has 28 heavy (non-hydrogen) atoms. The minimum atomic E-state index is -3.64. The Balaban J connectivity index is 1.92. The number of benzene rings is 2. The molecule has 2 aromatic carbocycles. The van der Waals surface area contributed by atoms with E-state index in [2.05, 4.69) is 5.32 Å². The van der Waals surface area contributed by atoms with Gasteiger partial charge in [-0.25, -0.2) is 12.8 Å². The summed E-state index contributed by atoms with van der Waals surface area (Å²) in [6.45, 7) is 1.62. The average molecular weight is 405 g/mol. The van der Waals surface area contributed by atoms with Gasteiger partial charge in [-0.3, -0.25) is 9.59 Å². The normalized spacial score (nSPS) is 17.0. The number of sulfonamides is 1. The van der Waals surface area contributed by atoms with Gasteiger partial charge in [0.1, 0.15) is 11.9 Å². The number of hydrogen-bond donors (Lipinski definition) is 2. The lowest BCUT2D eigenvalue weighted by molar-refractivity contribution is -0.120. The van der Waals surface area contributed by atoms with E-state index in [4.69, 9.17) is 5.73 Å². The van der Waals surface area contributed by atoms with E-state index < -0.39 is 33.7 Å². The highest BCUT2D eigenvalue weighted by molar-refractivity contribution is 7.89. The number of nitrogens with zero attached hydrogens (tertiary/aromatic N) is 1. The summed E-state index contributed by atoms with van der Waals surface area (Å²) in [5, 5.41) is 2.57. The molecule has 3 rings (SSSR count). The van der Waals surface area contributed by atoms with Crippen molar-refractivity contribution in [2.45, 2.75) is 25.9 Å². The molecule has 1 aliphatic heterocycles. The molecule has 0 radical (unpaired) electrons. The zero-order chi connectivity index (χ0) is 20.5. The summed E-state index contributed by atoms with van der Waals surface area (Å²) in [6.07, 6.45) is 0.213. The lowest BCUT2D eigenvalue weighted by Gasteiger charge is -2.34. The Bertz CT molecular complexity index is 1040. The van der Waals surface area contributed by atoms with Gasteiger partial charge >= 0.3 is 0 Å². The van der Waals surface area contributed by atoms with Gasteiger partial charge < -0.3 is 11.1 Å². The van der Waals surface area contributed by atoms with E-state index in [0.717, 1.165) is 23.3 Å². The number of rotatable bonds is 5. The molecule has 0 bridgehead atoms. The number of nitrogens with one attached hydrogen (secondary N) is 1. The van der Waals surface area contributed by atoms with Crippen molar-refractivity contribution in [1.29, 1.82) is 0 Å². The molecule has 0 fully saturated rings. The molecule has 2 amide bonds. The summed E-state index contributed by atoms with van der Waals surface area (Å²) in [5.74, 6) is -2.46. The molecule has 1 atom stereocenters. The molecule has 1 unspecified atom stereocenters. The van der Waals surface area contributed by atoms with Gasteiger partial charge in [-0.2, -0.15) is 4.31 Å². The van der Waals surface area contributed by atoms with Gasteiger partial charge in [0, 0.05) is 12.2 Å². The third-order valence-corrected chi connectivity index (χ3v) is 6.56. The molecule has 0 aromatic heterocycles. The fourth-order valence-electron chi connectivity index (χ4n) is 3.20. The predicted molar refractivity (Wildman–Crippen MR) is 102 cm³/mol. The number of amides is 2. The summed E-state index contributed by atoms with van der Waals surface area (Å²) in [7, 11) is -3.64. The first kappa shape index (κ1) is 20.0. The van der Waals surface area contributed by atoms with Crippen molar-refractivity contribution in [3.8, 4) is 0 Å². The maximum absolute atomic E-state index is 13.6. The Kier molecular flexibility index (Phi) is 5.48. The van der Waals surface area contributed by atoms with Crippen LogP contribution in [0.3, 0.4) is 0 Å². The Morgan fingerprint density at radius 3 is 2.54 bits per heavy atom. The second-order valence-corrected chi connectivity index (χ2v) is 8.69. The lowest BCUT2D eigenvalue weighted by atomic mass is 9.95. The highest BCUT2D eigenvalue weighted by Crippen LogP contribution is 2.27. The Morgan fingerprint density at radius 2 is 1.89 bits per heavy atom. The van der Waals surface area contributed by atoms with Crippen LogP contribution in [0.5, 0.6) is 0 Å². The topological polar surface area (TPSA) is 110 Å². The highest BCUT2D eigenvalue weighted by atomic mass is 32.2. The van der Waals surface area contributed by atoms with Crippen molar-refractivity contribution >= 4 is 27.5 Å². The number of anilines is 1. The maximum atomic E-state index is 13.6. The van der Waals surface area contributed by atoms with Crippen molar-refractivity contribution in [2.75, 3.05) is 11.1 Å². The van der Waals surface area contributed by atoms with Gasteiger partial charge in [0.2, 0.25) is 15.9 Å². The van der Waals surface area contributed by atoms with Crippen LogP contribution >= 0.6 is 0 Å². The van der Waals surface area contributed by atoms with Crippen molar-refractivity contribution in [2.24, 2.45) is 5.73 Å². The number of halogens is 1. The van der Waals surface area contributed by atoms with E-state index in [1.54, 1.807) is 0 Å². The number of carbonyl (C=O) groups excluding carboxylic acids is 2. The van der Waals surface area contributed by atoms with Gasteiger partial charge in [-0.05, 0) is 42.7 Å². The second-order valence-electron chi connectivity index (χ2n) is 6.48. The van der Waals surface area contributed by atoms with Crippen LogP contribution in [-0.2, 0) is 27.8 Å². The third kappa shape index (κ3) is 3.90. The van der Waals surface area contributed by atoms with Crippen molar-refractivity contribution in [1.82, 2.24) is 4.31 Å². The zero-order valence-electron chi connectivity index (χ0n) is 15.2. The van der Waals surface area contributed by atoms with Gasteiger partial charge in [-0.1, -0.05) is 24.3 Å². The number of carbonyl (C=O) groups is 2. The molecule has 148 valence electrons. The van der Waals surface area contributed by atoms with Crippen molar-refractivity contribution in [3.05, 3.63) is 65.0 Å². The summed E-state index contributed by atoms with van der Waals surface area (Å²) in [4.78, 5) is 24.2. The molecular weight excluding hydrogens is 385 g/mol. The smallest absolute Gasteiger partial charge is 0.251 e. The van der Waals surface area contributed by atoms with Crippen LogP contribution in [0.4, 0.5) is 10.1 Å². The summed E-state index contributed by atoms with van der Waals surface area (Å²) in [5.41, 5.74) is 6.67. The fraction of sp³-hybridized carbons (Fsp3) is 0.263. The molecule has 2 aromatic rings. The fourth-order valence-corrected chi connectivity index (χ4v) is 4.42. The summed E-state index contributed by atoms with van der Waals surface area (Å²) >= 11 is 0. The molecule has 1 heterocycles. The quantitative estimate of drug-likeness (QED) is 0.788. The SMILES string of the molecule is CCS(=O)(=O)N1Cc2ccccc2CC1C(=O)Nc1ccc(F)c(C(N)=O)c1. The van der Waals surface area contributed by atoms with Gasteiger partial charge in [0.05, 0.1) is 11.3 Å². The van der Waals surface area contributed by atoms with Crippen LogP contribution < -0.4 is 11.1 Å². The van der Waals surface area contributed by atoms with Gasteiger partial charge in [0.15, 0.2) is 0 Å². The predicted octanol–water partition coefficient (Wildman–Crippen LogP) is 1.64. The first-order chi connectivity index (χ1) is 13.2. The van der Waals surface area contributed by atoms with E-state index in [0.29, 0.717) is 0 Å². The zero-order valence-corrected chi connectivity index (χ0v) is 16.0. The lowest BCUT2D eigenvalue weighted by Crippen LogP contribution is -2.51. The van der Waals surface area contributed by atoms with Crippen LogP contribution in [0.15, 0.2) is 42.5 Å². The number of nitrogens with two attached hydrogens (primary N) is 1. The number of hydrogen-bond acceptors (Lipinski definition) is 4.